The van der Waals surface area contributed by atoms with Gasteiger partial charge in [-0.15, -0.1) is 0 Å². The lowest BCUT2D eigenvalue weighted by Crippen LogP contribution is -2.21. The van der Waals surface area contributed by atoms with Crippen molar-refractivity contribution in [1.82, 2.24) is 5.16 Å². The first kappa shape index (κ1) is 8.75. The third-order valence-electron chi connectivity index (χ3n) is 3.14. The zero-order valence-corrected chi connectivity index (χ0v) is 8.16. The van der Waals surface area contributed by atoms with Gasteiger partial charge >= 0.3 is 0 Å². The topological polar surface area (TPSA) is 52.0 Å². The first-order chi connectivity index (χ1) is 6.24. The van der Waals surface area contributed by atoms with Crippen molar-refractivity contribution >= 4 is 0 Å². The van der Waals surface area contributed by atoms with Gasteiger partial charge in [0.1, 0.15) is 5.76 Å². The van der Waals surface area contributed by atoms with Gasteiger partial charge in [-0.3, -0.25) is 0 Å². The molecule has 0 radical (unpaired) electrons. The number of fused-ring (bicyclic) bond motifs is 1. The molecule has 0 saturated heterocycles. The van der Waals surface area contributed by atoms with Crippen molar-refractivity contribution in [3.63, 3.8) is 0 Å². The van der Waals surface area contributed by atoms with Crippen LogP contribution >= 0.6 is 0 Å². The van der Waals surface area contributed by atoms with Gasteiger partial charge in [0, 0.05) is 12.0 Å². The average molecular weight is 180 g/mol. The van der Waals surface area contributed by atoms with Crippen LogP contribution in [0.2, 0.25) is 0 Å². The maximum absolute atomic E-state index is 5.69. The van der Waals surface area contributed by atoms with Crippen LogP contribution in [0.1, 0.15) is 31.1 Å². The van der Waals surface area contributed by atoms with Gasteiger partial charge in [0.2, 0.25) is 0 Å². The minimum absolute atomic E-state index is 0.524. The Hall–Kier alpha value is -0.830. The van der Waals surface area contributed by atoms with Gasteiger partial charge in [0.15, 0.2) is 0 Å². The summed E-state index contributed by atoms with van der Waals surface area (Å²) < 4.78 is 5.18. The molecule has 0 bridgehead atoms. The van der Waals surface area contributed by atoms with Crippen LogP contribution in [0.25, 0.3) is 0 Å². The highest BCUT2D eigenvalue weighted by Crippen LogP contribution is 2.41. The highest BCUT2D eigenvalue weighted by atomic mass is 16.5. The van der Waals surface area contributed by atoms with Gasteiger partial charge < -0.3 is 10.3 Å². The number of hydrogen-bond acceptors (Lipinski definition) is 3. The van der Waals surface area contributed by atoms with Gasteiger partial charge in [0.25, 0.3) is 0 Å². The van der Waals surface area contributed by atoms with Gasteiger partial charge in [-0.2, -0.15) is 0 Å². The fraction of sp³-hybridized carbons (Fsp3) is 0.700. The second-order valence-electron chi connectivity index (χ2n) is 4.12. The number of hydrogen-bond donors (Lipinski definition) is 1. The van der Waals surface area contributed by atoms with Gasteiger partial charge in [0.05, 0.1) is 6.20 Å². The molecular weight excluding hydrogens is 164 g/mol. The molecule has 1 aliphatic carbocycles. The molecule has 0 saturated carbocycles. The van der Waals surface area contributed by atoms with Crippen molar-refractivity contribution in [2.75, 3.05) is 6.54 Å². The van der Waals surface area contributed by atoms with Crippen molar-refractivity contribution in [1.29, 1.82) is 0 Å². The molecule has 0 spiro atoms. The fourth-order valence-electron chi connectivity index (χ4n) is 2.44. The van der Waals surface area contributed by atoms with E-state index in [0.29, 0.717) is 17.8 Å². The Morgan fingerprint density at radius 1 is 1.77 bits per heavy atom. The monoisotopic (exact) mass is 180 g/mol. The lowest BCUT2D eigenvalue weighted by Gasteiger charge is -2.21. The van der Waals surface area contributed by atoms with E-state index >= 15 is 0 Å². The molecule has 3 unspecified atom stereocenters. The van der Waals surface area contributed by atoms with Crippen LogP contribution in [0.15, 0.2) is 10.7 Å². The summed E-state index contributed by atoms with van der Waals surface area (Å²) in [6.45, 7) is 5.19. The smallest absolute Gasteiger partial charge is 0.140 e. The van der Waals surface area contributed by atoms with Crippen molar-refractivity contribution in [2.24, 2.45) is 17.6 Å². The maximum atomic E-state index is 5.69. The Kier molecular flexibility index (Phi) is 2.12. The first-order valence-electron chi connectivity index (χ1n) is 4.87. The normalized spacial score (nSPS) is 28.8. The molecule has 13 heavy (non-hydrogen) atoms. The van der Waals surface area contributed by atoms with Crippen LogP contribution in [-0.2, 0) is 6.42 Å². The lowest BCUT2D eigenvalue weighted by atomic mass is 9.84. The molecule has 1 aromatic heterocycles. The van der Waals surface area contributed by atoms with E-state index in [1.54, 1.807) is 0 Å². The van der Waals surface area contributed by atoms with Crippen molar-refractivity contribution in [2.45, 2.75) is 26.2 Å². The highest BCUT2D eigenvalue weighted by Gasteiger charge is 2.35. The summed E-state index contributed by atoms with van der Waals surface area (Å²) in [4.78, 5) is 0. The zero-order chi connectivity index (χ0) is 9.42. The molecule has 1 aromatic rings. The standard InChI is InChI=1S/C10H16N2O/c1-6-3-9-8(5-12-13-9)10(6)7(2)4-11/h5-7,10H,3-4,11H2,1-2H3. The number of nitrogens with two attached hydrogens (primary N) is 1. The summed E-state index contributed by atoms with van der Waals surface area (Å²) in [7, 11) is 0. The van der Waals surface area contributed by atoms with E-state index in [9.17, 15) is 0 Å². The molecule has 1 aliphatic rings. The largest absolute Gasteiger partial charge is 0.361 e. The van der Waals surface area contributed by atoms with E-state index in [1.807, 2.05) is 6.20 Å². The molecule has 0 aliphatic heterocycles. The second-order valence-corrected chi connectivity index (χ2v) is 4.12. The van der Waals surface area contributed by atoms with Crippen LogP contribution in [0.4, 0.5) is 0 Å². The van der Waals surface area contributed by atoms with E-state index in [0.717, 1.165) is 18.7 Å². The third-order valence-corrected chi connectivity index (χ3v) is 3.14. The van der Waals surface area contributed by atoms with E-state index < -0.39 is 0 Å². The Morgan fingerprint density at radius 2 is 2.54 bits per heavy atom. The molecule has 3 heteroatoms. The summed E-state index contributed by atoms with van der Waals surface area (Å²) in [6, 6.07) is 0. The number of aromatic nitrogens is 1. The molecule has 0 aromatic carbocycles. The van der Waals surface area contributed by atoms with Gasteiger partial charge in [-0.1, -0.05) is 19.0 Å². The minimum atomic E-state index is 0.524. The third kappa shape index (κ3) is 1.27. The summed E-state index contributed by atoms with van der Waals surface area (Å²) >= 11 is 0. The number of nitrogens with zero attached hydrogens (tertiary/aromatic N) is 1. The average Bonchev–Trinajstić information content (AvgIpc) is 2.62. The van der Waals surface area contributed by atoms with Crippen LogP contribution in [0, 0.1) is 11.8 Å². The van der Waals surface area contributed by atoms with Crippen LogP contribution in [0.5, 0.6) is 0 Å². The first-order valence-corrected chi connectivity index (χ1v) is 4.87. The molecule has 72 valence electrons. The van der Waals surface area contributed by atoms with Crippen molar-refractivity contribution in [3.8, 4) is 0 Å². The second kappa shape index (κ2) is 3.14. The molecule has 2 rings (SSSR count). The Labute approximate surface area is 78.3 Å². The van der Waals surface area contributed by atoms with E-state index in [4.69, 9.17) is 10.3 Å². The zero-order valence-electron chi connectivity index (χ0n) is 8.16. The van der Waals surface area contributed by atoms with E-state index in [2.05, 4.69) is 19.0 Å². The Balaban J connectivity index is 2.28. The molecule has 3 nitrogen and oxygen atoms in total. The molecule has 0 amide bonds. The molecule has 3 atom stereocenters. The maximum Gasteiger partial charge on any atom is 0.140 e. The van der Waals surface area contributed by atoms with Crippen molar-refractivity contribution < 1.29 is 4.52 Å². The lowest BCUT2D eigenvalue weighted by molar-refractivity contribution is 0.344. The van der Waals surface area contributed by atoms with Crippen LogP contribution in [0.3, 0.4) is 0 Å². The fourth-order valence-corrected chi connectivity index (χ4v) is 2.44. The van der Waals surface area contributed by atoms with E-state index in [1.165, 1.54) is 5.56 Å². The Bertz CT molecular complexity index is 295. The molecular formula is C10H16N2O. The van der Waals surface area contributed by atoms with Gasteiger partial charge in [-0.25, -0.2) is 0 Å². The van der Waals surface area contributed by atoms with Gasteiger partial charge in [-0.05, 0) is 24.3 Å². The SMILES string of the molecule is CC(CN)C1c2cnoc2CC1C. The van der Waals surface area contributed by atoms with Crippen LogP contribution < -0.4 is 5.73 Å². The predicted molar refractivity (Wildman–Crippen MR) is 50.3 cm³/mol. The highest BCUT2D eigenvalue weighted by molar-refractivity contribution is 5.27. The summed E-state index contributed by atoms with van der Waals surface area (Å²) in [5, 5.41) is 3.83. The minimum Gasteiger partial charge on any atom is -0.361 e. The molecule has 2 N–H and O–H groups in total. The van der Waals surface area contributed by atoms with Crippen molar-refractivity contribution in [3.05, 3.63) is 17.5 Å². The quantitative estimate of drug-likeness (QED) is 0.751. The molecule has 1 heterocycles. The number of rotatable bonds is 2. The summed E-state index contributed by atoms with van der Waals surface area (Å²) in [5.41, 5.74) is 6.97. The Morgan fingerprint density at radius 3 is 3.23 bits per heavy atom. The predicted octanol–water partition coefficient (Wildman–Crippen LogP) is 1.55. The molecule has 0 fully saturated rings. The summed E-state index contributed by atoms with van der Waals surface area (Å²) in [6.07, 6.45) is 2.88. The summed E-state index contributed by atoms with van der Waals surface area (Å²) in [5.74, 6) is 2.79. The van der Waals surface area contributed by atoms with E-state index in [-0.39, 0.29) is 0 Å². The van der Waals surface area contributed by atoms with Crippen LogP contribution in [-0.4, -0.2) is 11.7 Å².